The van der Waals surface area contributed by atoms with E-state index >= 15 is 149 Å². The van der Waals surface area contributed by atoms with Crippen LogP contribution in [0.25, 0.3) is 0 Å². The summed E-state index contributed by atoms with van der Waals surface area (Å²) in [5, 5.41) is 0. The molecular weight excluding hydrogens is 2250 g/mol. The van der Waals surface area contributed by atoms with Crippen LogP contribution < -0.4 is 19.3 Å². The summed E-state index contributed by atoms with van der Waals surface area (Å²) >= 11 is 0. The summed E-state index contributed by atoms with van der Waals surface area (Å²) in [6.45, 7) is -12.8. The zero-order chi connectivity index (χ0) is 114. The van der Waals surface area contributed by atoms with Gasteiger partial charge in [-0.05, 0) is 84.6 Å². The lowest BCUT2D eigenvalue weighted by atomic mass is 9.72. The molecule has 0 saturated heterocycles. The van der Waals surface area contributed by atoms with Gasteiger partial charge < -0.3 is 19.3 Å². The number of nitrogens with zero attached hydrogens (tertiary/aromatic N) is 2. The summed E-state index contributed by atoms with van der Waals surface area (Å²) in [5.74, 6) is -271. The van der Waals surface area contributed by atoms with E-state index in [0.717, 1.165) is 0 Å². The van der Waals surface area contributed by atoms with E-state index in [9.17, 15) is 176 Å². The molecular formula is C65H24F74N2O2. The van der Waals surface area contributed by atoms with Gasteiger partial charge in [0.1, 0.15) is 11.5 Å². The van der Waals surface area contributed by atoms with Crippen LogP contribution in [0.2, 0.25) is 0 Å². The Morgan fingerprint density at radius 1 is 0.182 bits per heavy atom. The molecule has 0 aliphatic carbocycles. The zero-order valence-corrected chi connectivity index (χ0v) is 64.8. The van der Waals surface area contributed by atoms with E-state index < -0.39 is 398 Å². The van der Waals surface area contributed by atoms with E-state index in [1.165, 1.54) is 0 Å². The van der Waals surface area contributed by atoms with Gasteiger partial charge in [0.2, 0.25) is 5.41 Å². The van der Waals surface area contributed by atoms with Crippen LogP contribution in [0.5, 0.6) is 11.5 Å². The van der Waals surface area contributed by atoms with Crippen LogP contribution in [0, 0.1) is 13.8 Å². The fourth-order valence-electron chi connectivity index (χ4n) is 12.8. The highest BCUT2D eigenvalue weighted by Crippen LogP contribution is 2.74. The van der Waals surface area contributed by atoms with Gasteiger partial charge in [-0.25, -0.2) is 0 Å². The summed E-state index contributed by atoms with van der Waals surface area (Å²) < 4.78 is 1100. The highest BCUT2D eigenvalue weighted by atomic mass is 19.5. The van der Waals surface area contributed by atoms with Gasteiger partial charge in [-0.2, -0.15) is 325 Å². The molecule has 824 valence electrons. The zero-order valence-electron chi connectivity index (χ0n) is 64.8. The third-order valence-electron chi connectivity index (χ3n) is 20.8. The van der Waals surface area contributed by atoms with E-state index in [2.05, 4.69) is 9.47 Å². The molecule has 0 unspecified atom stereocenters. The SMILES string of the molecule is Cc1cc(C(F)(F)C(F)(F)C(F)(F)C(F)(F)C(F)(F)C(F)(F)C(F)(F)C(F)(F)F)cc(C(F)(F)C(F)(F)C(F)(F)C(F)(F)C(F)(F)C(F)(F)C(F)(F)C(F)(F)F)c1N1COc2ccc(C(c3ccc4c(c3)CN(c3c(C)cc(C(F)(F)C(F)(F)C(F)(F)C(F)(F)C(F)(F)C(F)(F)C(F)(F)C(F)(F)F)cc3C(F)(F)C(F)(F)C(F)(F)C(F)(F)C(F)(F)C(F)(F)C(F)(F)C(F)(F)F)CO4)(C(F)(F)F)C(F)(F)F)cc2C1. The van der Waals surface area contributed by atoms with Crippen LogP contribution in [0.1, 0.15) is 55.6 Å². The molecule has 143 heavy (non-hydrogen) atoms. The second-order valence-corrected chi connectivity index (χ2v) is 29.8. The van der Waals surface area contributed by atoms with Gasteiger partial charge in [0.15, 0.2) is 13.5 Å². The third-order valence-corrected chi connectivity index (χ3v) is 20.8. The molecule has 78 heteroatoms. The van der Waals surface area contributed by atoms with Crippen molar-refractivity contribution < 1.29 is 334 Å². The maximum atomic E-state index is 16.8. The van der Waals surface area contributed by atoms with Crippen molar-refractivity contribution in [3.8, 4) is 11.5 Å². The van der Waals surface area contributed by atoms with Crippen LogP contribution in [0.4, 0.5) is 336 Å². The highest BCUT2D eigenvalue weighted by molar-refractivity contribution is 5.67. The van der Waals surface area contributed by atoms with Crippen molar-refractivity contribution in [1.82, 2.24) is 0 Å². The summed E-state index contributed by atoms with van der Waals surface area (Å²) in [6, 6.07) is -14.1. The fourth-order valence-corrected chi connectivity index (χ4v) is 12.8. The average Bonchev–Trinajstić information content (AvgIpc) is 0.694. The minimum Gasteiger partial charge on any atom is -0.473 e. The van der Waals surface area contributed by atoms with Crippen LogP contribution in [-0.2, 0) is 42.2 Å². The second-order valence-electron chi connectivity index (χ2n) is 29.8. The molecule has 0 N–H and O–H groups in total. The number of rotatable bonds is 32. The maximum absolute atomic E-state index is 16.8. The molecule has 0 saturated carbocycles. The first-order valence-electron chi connectivity index (χ1n) is 34.2. The lowest BCUT2D eigenvalue weighted by Crippen LogP contribution is -2.74. The fraction of sp³-hybridized carbons (Fsp3) is 0.631. The van der Waals surface area contributed by atoms with Crippen molar-refractivity contribution in [3.63, 3.8) is 0 Å². The predicted octanol–water partition coefficient (Wildman–Crippen LogP) is 30.3. The molecule has 2 aliphatic heterocycles. The van der Waals surface area contributed by atoms with Gasteiger partial charge in [0.05, 0.1) is 22.5 Å². The van der Waals surface area contributed by atoms with Crippen molar-refractivity contribution >= 4 is 11.4 Å². The number of fused-ring (bicyclic) bond motifs is 2. The van der Waals surface area contributed by atoms with Crippen LogP contribution in [0.3, 0.4) is 0 Å². The number of halogens is 74. The average molecular weight is 2270 g/mol. The number of alkyl halides is 74. The van der Waals surface area contributed by atoms with Crippen LogP contribution in [0.15, 0.2) is 60.7 Å². The molecule has 0 aromatic heterocycles. The number of hydrogen-bond donors (Lipinski definition) is 0. The van der Waals surface area contributed by atoms with E-state index in [1.807, 2.05) is 0 Å². The van der Waals surface area contributed by atoms with Gasteiger partial charge in [-0.1, -0.05) is 12.1 Å². The largest absolute Gasteiger partial charge is 0.473 e. The molecule has 2 heterocycles. The first kappa shape index (κ1) is 123. The molecule has 0 radical (unpaired) electrons. The van der Waals surface area contributed by atoms with Crippen molar-refractivity contribution in [2.75, 3.05) is 23.3 Å². The lowest BCUT2D eigenvalue weighted by Gasteiger charge is -2.44. The maximum Gasteiger partial charge on any atom is 0.460 e. The van der Waals surface area contributed by atoms with E-state index in [-0.39, 0.29) is 0 Å². The summed E-state index contributed by atoms with van der Waals surface area (Å²) in [7, 11) is 0. The molecule has 0 spiro atoms. The Morgan fingerprint density at radius 3 is 0.524 bits per heavy atom. The van der Waals surface area contributed by atoms with Gasteiger partial charge in [0, 0.05) is 35.3 Å². The number of anilines is 2. The highest BCUT2D eigenvalue weighted by Gasteiger charge is 3.01. The number of ether oxygens (including phenoxy) is 2. The van der Waals surface area contributed by atoms with Gasteiger partial charge in [-0.15, -0.1) is 0 Å². The standard InChI is InChI=1S/C65H24F74N2O2/c1-17-7-23(32(66,67)36(74,75)40(82,83)44(90,91)48(98,99)52(106,107)56(114,115)62(128,129)130)11-25(34(70,71)38(78,79)42(86,87)46(94,95)50(102,103)54(110,111)58(118,119)64(134,135)136)29(17)140-13-19-9-21(3-5-27(19)142-15-140)31(60(122,123)124,61(125,126)127)22-4-6-28-20(10-22)14-141(16-143-28)30-18(2)8-24(33(68,69)37(76,77)41(84,85)45(92,93)49(100,101)53(108,109)57(116,117)63(131,132)133)12-26(30)35(72,73)39(80,81)43(88,89)47(96,97)51(104,105)55(112,113)59(120,121)65(137,138)139/h3-12H,13-16H2,1-2H3. The Bertz CT molecular complexity index is 5060. The Hall–Kier alpha value is -9.10. The van der Waals surface area contributed by atoms with Crippen molar-refractivity contribution in [2.45, 2.75) is 235 Å². The smallest absolute Gasteiger partial charge is 0.460 e. The second kappa shape index (κ2) is 32.9. The van der Waals surface area contributed by atoms with E-state index in [4.69, 9.17) is 0 Å². The summed E-state index contributed by atoms with van der Waals surface area (Å²) in [6.07, 6.45) is -49.9. The van der Waals surface area contributed by atoms with Crippen LogP contribution in [-0.4, -0.2) is 193 Å². The monoisotopic (exact) mass is 2270 g/mol. The Balaban J connectivity index is 1.73. The van der Waals surface area contributed by atoms with Gasteiger partial charge in [-0.3, -0.25) is 0 Å². The van der Waals surface area contributed by atoms with Gasteiger partial charge in [0.25, 0.3) is 0 Å². The number of benzene rings is 4. The topological polar surface area (TPSA) is 24.9 Å². The Labute approximate surface area is 732 Å². The molecule has 0 fully saturated rings. The number of hydrogen-bond acceptors (Lipinski definition) is 4. The molecule has 0 bridgehead atoms. The first-order valence-corrected chi connectivity index (χ1v) is 34.2. The van der Waals surface area contributed by atoms with Crippen molar-refractivity contribution in [1.29, 1.82) is 0 Å². The number of aryl methyl sites for hydroxylation is 2. The van der Waals surface area contributed by atoms with Crippen molar-refractivity contribution in [3.05, 3.63) is 116 Å². The summed E-state index contributed by atoms with van der Waals surface area (Å²) in [5.41, 5.74) is -48.8. The Morgan fingerprint density at radius 2 is 0.350 bits per heavy atom. The normalized spacial score (nSPS) is 17.1. The van der Waals surface area contributed by atoms with Crippen molar-refractivity contribution in [2.24, 2.45) is 0 Å². The molecule has 2 aliphatic rings. The van der Waals surface area contributed by atoms with Crippen LogP contribution >= 0.6 is 0 Å². The first-order chi connectivity index (χ1) is 61.9. The predicted molar refractivity (Wildman–Crippen MR) is 310 cm³/mol. The minimum atomic E-state index is -10.0. The molecule has 4 aromatic rings. The van der Waals surface area contributed by atoms with Gasteiger partial charge >= 0.3 is 203 Å². The van der Waals surface area contributed by atoms with E-state index in [1.54, 1.807) is 0 Å². The molecule has 6 rings (SSSR count). The third kappa shape index (κ3) is 15.7. The minimum absolute atomic E-state index is 0.562. The molecule has 0 atom stereocenters. The molecule has 0 amide bonds. The Kier molecular flexibility index (Phi) is 28.2. The molecule has 4 nitrogen and oxygen atoms in total. The lowest BCUT2D eigenvalue weighted by molar-refractivity contribution is -0.463. The summed E-state index contributed by atoms with van der Waals surface area (Å²) in [4.78, 5) is -2.48. The quantitative estimate of drug-likeness (QED) is 0.0455. The molecule has 4 aromatic carbocycles. The van der Waals surface area contributed by atoms with E-state index in [0.29, 0.717) is 0 Å².